The summed E-state index contributed by atoms with van der Waals surface area (Å²) in [7, 11) is 2.52. The quantitative estimate of drug-likeness (QED) is 0.535. The largest absolute Gasteiger partial charge is 0.469 e. The summed E-state index contributed by atoms with van der Waals surface area (Å²) in [6.45, 7) is 10.6. The summed E-state index contributed by atoms with van der Waals surface area (Å²) in [6.07, 6.45) is 1.18. The smallest absolute Gasteiger partial charge is 0.309 e. The average Bonchev–Trinajstić information content (AvgIpc) is 2.28. The molecule has 0 bridgehead atoms. The minimum atomic E-state index is -0.113. The van der Waals surface area contributed by atoms with Crippen molar-refractivity contribution in [1.82, 2.24) is 9.47 Å². The van der Waals surface area contributed by atoms with Gasteiger partial charge < -0.3 is 9.30 Å². The number of carbonyl (C=O) groups excluding carboxylic acids is 1. The number of methoxy groups -OCH3 is 1. The van der Waals surface area contributed by atoms with Crippen LogP contribution in [0.25, 0.3) is 0 Å². The lowest BCUT2D eigenvalue weighted by atomic mass is 10.00. The van der Waals surface area contributed by atoms with Gasteiger partial charge >= 0.3 is 5.97 Å². The van der Waals surface area contributed by atoms with E-state index >= 15 is 0 Å². The molecule has 1 aliphatic heterocycles. The highest BCUT2D eigenvalue weighted by Gasteiger charge is 2.39. The average molecular weight is 258 g/mol. The Kier molecular flexibility index (Phi) is 4.74. The molecular formula is C12H26N2O2Si. The highest BCUT2D eigenvalue weighted by atomic mass is 28.2. The SMILES string of the molecule is COC(=O)C(C)CN1C(C)CCN([SiH3])C1(C)C. The first-order chi connectivity index (χ1) is 7.80. The first-order valence-electron chi connectivity index (χ1n) is 6.36. The maximum Gasteiger partial charge on any atom is 0.309 e. The van der Waals surface area contributed by atoms with Crippen molar-refractivity contribution in [2.24, 2.45) is 5.92 Å². The molecule has 0 aliphatic carbocycles. The molecule has 4 nitrogen and oxygen atoms in total. The summed E-state index contributed by atoms with van der Waals surface area (Å²) in [5.74, 6) is -0.173. The summed E-state index contributed by atoms with van der Waals surface area (Å²) in [6, 6.07) is 0.530. The van der Waals surface area contributed by atoms with E-state index in [2.05, 4.69) is 30.2 Å². The van der Waals surface area contributed by atoms with Crippen molar-refractivity contribution in [3.8, 4) is 0 Å². The monoisotopic (exact) mass is 258 g/mol. The van der Waals surface area contributed by atoms with Crippen LogP contribution in [0.15, 0.2) is 0 Å². The van der Waals surface area contributed by atoms with Gasteiger partial charge in [-0.1, -0.05) is 6.92 Å². The Morgan fingerprint density at radius 1 is 1.59 bits per heavy atom. The molecule has 1 aliphatic rings. The second kappa shape index (κ2) is 5.50. The topological polar surface area (TPSA) is 32.8 Å². The Hall–Kier alpha value is -0.393. The lowest BCUT2D eigenvalue weighted by Crippen LogP contribution is -2.64. The highest BCUT2D eigenvalue weighted by molar-refractivity contribution is 6.04. The summed E-state index contributed by atoms with van der Waals surface area (Å²) < 4.78 is 7.30. The fraction of sp³-hybridized carbons (Fsp3) is 0.917. The molecule has 1 saturated heterocycles. The molecule has 0 aromatic carbocycles. The van der Waals surface area contributed by atoms with Crippen molar-refractivity contribution in [3.05, 3.63) is 0 Å². The minimum absolute atomic E-state index is 0.0603. The molecule has 1 fully saturated rings. The molecule has 1 heterocycles. The molecule has 2 unspecified atom stereocenters. The third kappa shape index (κ3) is 3.08. The summed E-state index contributed by atoms with van der Waals surface area (Å²) in [5.41, 5.74) is 0.0617. The van der Waals surface area contributed by atoms with Crippen LogP contribution in [0, 0.1) is 5.92 Å². The van der Waals surface area contributed by atoms with Crippen LogP contribution in [0.1, 0.15) is 34.1 Å². The molecule has 0 aromatic heterocycles. The fourth-order valence-corrected chi connectivity index (χ4v) is 3.06. The Bertz CT molecular complexity index is 284. The second-order valence-corrected chi connectivity index (χ2v) is 6.71. The van der Waals surface area contributed by atoms with Gasteiger partial charge in [-0.15, -0.1) is 0 Å². The lowest BCUT2D eigenvalue weighted by molar-refractivity contribution is -0.147. The zero-order valence-corrected chi connectivity index (χ0v) is 14.0. The number of esters is 1. The molecule has 1 rings (SSSR count). The van der Waals surface area contributed by atoms with Crippen molar-refractivity contribution in [2.45, 2.75) is 45.8 Å². The van der Waals surface area contributed by atoms with Gasteiger partial charge in [0.25, 0.3) is 0 Å². The van der Waals surface area contributed by atoms with Gasteiger partial charge in [-0.3, -0.25) is 9.69 Å². The Morgan fingerprint density at radius 2 is 2.18 bits per heavy atom. The van der Waals surface area contributed by atoms with E-state index in [1.165, 1.54) is 20.1 Å². The van der Waals surface area contributed by atoms with Crippen LogP contribution in [0.4, 0.5) is 0 Å². The van der Waals surface area contributed by atoms with E-state index in [1.54, 1.807) is 0 Å². The van der Waals surface area contributed by atoms with Crippen LogP contribution < -0.4 is 0 Å². The van der Waals surface area contributed by atoms with Crippen LogP contribution in [-0.4, -0.2) is 57.7 Å². The predicted molar refractivity (Wildman–Crippen MR) is 72.7 cm³/mol. The van der Waals surface area contributed by atoms with E-state index in [0.29, 0.717) is 6.04 Å². The molecular weight excluding hydrogens is 232 g/mol. The molecule has 100 valence electrons. The van der Waals surface area contributed by atoms with E-state index in [-0.39, 0.29) is 17.6 Å². The fourth-order valence-electron chi connectivity index (χ4n) is 2.54. The molecule has 0 amide bonds. The molecule has 0 spiro atoms. The highest BCUT2D eigenvalue weighted by Crippen LogP contribution is 2.28. The number of carbonyl (C=O) groups is 1. The molecule has 5 heteroatoms. The van der Waals surface area contributed by atoms with E-state index in [0.717, 1.165) is 16.9 Å². The van der Waals surface area contributed by atoms with Gasteiger partial charge in [0.1, 0.15) is 0 Å². The van der Waals surface area contributed by atoms with Crippen molar-refractivity contribution in [2.75, 3.05) is 20.2 Å². The normalized spacial score (nSPS) is 27.9. The summed E-state index contributed by atoms with van der Waals surface area (Å²) >= 11 is 0. The van der Waals surface area contributed by atoms with Gasteiger partial charge in [0.05, 0.1) is 29.1 Å². The third-order valence-corrected chi connectivity index (χ3v) is 5.67. The van der Waals surface area contributed by atoms with Gasteiger partial charge in [0.2, 0.25) is 0 Å². The van der Waals surface area contributed by atoms with Crippen molar-refractivity contribution < 1.29 is 9.53 Å². The minimum Gasteiger partial charge on any atom is -0.469 e. The molecule has 0 radical (unpaired) electrons. The number of rotatable bonds is 3. The lowest BCUT2D eigenvalue weighted by Gasteiger charge is -2.53. The van der Waals surface area contributed by atoms with Crippen LogP contribution in [0.5, 0.6) is 0 Å². The van der Waals surface area contributed by atoms with Crippen LogP contribution in [-0.2, 0) is 9.53 Å². The van der Waals surface area contributed by atoms with Crippen LogP contribution in [0.3, 0.4) is 0 Å². The molecule has 0 N–H and O–H groups in total. The first-order valence-corrected chi connectivity index (χ1v) is 7.26. The Balaban J connectivity index is 2.75. The maximum atomic E-state index is 11.5. The van der Waals surface area contributed by atoms with E-state index < -0.39 is 0 Å². The number of ether oxygens (including phenoxy) is 1. The molecule has 0 aromatic rings. The third-order valence-electron chi connectivity index (χ3n) is 4.13. The Morgan fingerprint density at radius 3 is 2.71 bits per heavy atom. The van der Waals surface area contributed by atoms with Gasteiger partial charge in [-0.2, -0.15) is 0 Å². The summed E-state index contributed by atoms with van der Waals surface area (Å²) in [4.78, 5) is 14.0. The zero-order chi connectivity index (χ0) is 13.2. The molecule has 2 atom stereocenters. The summed E-state index contributed by atoms with van der Waals surface area (Å²) in [5, 5.41) is 0. The maximum absolute atomic E-state index is 11.5. The first kappa shape index (κ1) is 14.7. The standard InChI is InChI=1S/C12H26N2O2Si/c1-9(11(15)16-5)8-13-10(2)6-7-14(17)12(13,3)4/h9-10H,6-8H2,1-5,17H3. The van der Waals surface area contributed by atoms with E-state index in [1.807, 2.05) is 6.92 Å². The Labute approximate surface area is 108 Å². The predicted octanol–water partition coefficient (Wildman–Crippen LogP) is 0.208. The number of hydrogen-bond acceptors (Lipinski definition) is 4. The number of nitrogens with zero attached hydrogens (tertiary/aromatic N) is 2. The van der Waals surface area contributed by atoms with Crippen molar-refractivity contribution >= 4 is 16.4 Å². The van der Waals surface area contributed by atoms with Gasteiger partial charge in [-0.25, -0.2) is 0 Å². The van der Waals surface area contributed by atoms with Gasteiger partial charge in [0.15, 0.2) is 0 Å². The molecule has 0 saturated carbocycles. The van der Waals surface area contributed by atoms with Gasteiger partial charge in [-0.05, 0) is 33.7 Å². The zero-order valence-electron chi connectivity index (χ0n) is 12.0. The van der Waals surface area contributed by atoms with Crippen LogP contribution in [0.2, 0.25) is 0 Å². The second-order valence-electron chi connectivity index (χ2n) is 5.63. The van der Waals surface area contributed by atoms with Crippen molar-refractivity contribution in [3.63, 3.8) is 0 Å². The van der Waals surface area contributed by atoms with Gasteiger partial charge in [0, 0.05) is 12.6 Å². The number of hydrogen-bond donors (Lipinski definition) is 0. The van der Waals surface area contributed by atoms with Crippen molar-refractivity contribution in [1.29, 1.82) is 0 Å². The molecule has 17 heavy (non-hydrogen) atoms. The van der Waals surface area contributed by atoms with E-state index in [4.69, 9.17) is 4.74 Å². The van der Waals surface area contributed by atoms with Crippen LogP contribution >= 0.6 is 0 Å². The van der Waals surface area contributed by atoms with E-state index in [9.17, 15) is 4.79 Å².